The molecule has 0 radical (unpaired) electrons. The third-order valence-corrected chi connectivity index (χ3v) is 6.51. The monoisotopic (exact) mass is 403 g/mol. The van der Waals surface area contributed by atoms with E-state index in [9.17, 15) is 8.42 Å². The van der Waals surface area contributed by atoms with Gasteiger partial charge < -0.3 is 10.2 Å². The van der Waals surface area contributed by atoms with E-state index in [4.69, 9.17) is 0 Å². The molecule has 28 heavy (non-hydrogen) atoms. The quantitative estimate of drug-likeness (QED) is 0.706. The minimum Gasteiger partial charge on any atom is -0.371 e. The van der Waals surface area contributed by atoms with Gasteiger partial charge in [-0.3, -0.25) is 9.71 Å². The molecule has 3 rings (SSSR count). The van der Waals surface area contributed by atoms with E-state index >= 15 is 0 Å². The Bertz CT molecular complexity index is 833. The summed E-state index contributed by atoms with van der Waals surface area (Å²) in [5.41, 5.74) is 3.01. The summed E-state index contributed by atoms with van der Waals surface area (Å²) >= 11 is 0. The van der Waals surface area contributed by atoms with Gasteiger partial charge in [-0.25, -0.2) is 0 Å². The Kier molecular flexibility index (Phi) is 6.88. The highest BCUT2D eigenvalue weighted by Crippen LogP contribution is 2.22. The maximum atomic E-state index is 11.9. The third kappa shape index (κ3) is 5.67. The van der Waals surface area contributed by atoms with Crippen LogP contribution in [0.4, 0.5) is 11.4 Å². The molecule has 0 saturated carbocycles. The third-order valence-electron chi connectivity index (χ3n) is 5.05. The highest BCUT2D eigenvalue weighted by molar-refractivity contribution is 7.90. The number of anilines is 2. The normalized spacial score (nSPS) is 15.8. The zero-order chi connectivity index (χ0) is 20.0. The van der Waals surface area contributed by atoms with E-state index in [1.54, 1.807) is 0 Å². The van der Waals surface area contributed by atoms with Crippen molar-refractivity contribution in [1.29, 1.82) is 0 Å². The lowest BCUT2D eigenvalue weighted by atomic mass is 10.0. The van der Waals surface area contributed by atoms with Crippen LogP contribution in [-0.2, 0) is 16.6 Å². The number of nitrogens with zero attached hydrogens (tertiary/aromatic N) is 3. The lowest BCUT2D eigenvalue weighted by molar-refractivity contribution is 0.417. The van der Waals surface area contributed by atoms with Gasteiger partial charge in [-0.05, 0) is 67.8 Å². The Hall–Kier alpha value is -2.16. The molecule has 1 saturated heterocycles. The van der Waals surface area contributed by atoms with Gasteiger partial charge in [-0.1, -0.05) is 0 Å². The van der Waals surface area contributed by atoms with E-state index in [1.807, 2.05) is 36.7 Å². The second-order valence-corrected chi connectivity index (χ2v) is 9.14. The standard InChI is InChI=1S/C20H29N5O2S/c1-24(2)28(26,27)23-19-3-5-20(6-4-19)25-15-10-18(11-16-25)22-14-9-17-7-12-21-13-8-17/h3-8,12-13,18,22-23H,9-11,14-16H2,1-2H3. The fourth-order valence-corrected chi connectivity index (χ4v) is 3.91. The second-order valence-electron chi connectivity index (χ2n) is 7.26. The molecule has 0 spiro atoms. The van der Waals surface area contributed by atoms with Gasteiger partial charge in [0.05, 0.1) is 0 Å². The molecule has 1 aliphatic heterocycles. The van der Waals surface area contributed by atoms with Crippen LogP contribution in [0.5, 0.6) is 0 Å². The predicted octanol–water partition coefficient (Wildman–Crippen LogP) is 2.10. The maximum Gasteiger partial charge on any atom is 0.301 e. The first-order chi connectivity index (χ1) is 13.4. The van der Waals surface area contributed by atoms with Crippen LogP contribution in [0.25, 0.3) is 0 Å². The Morgan fingerprint density at radius 2 is 1.71 bits per heavy atom. The number of hydrogen-bond acceptors (Lipinski definition) is 5. The van der Waals surface area contributed by atoms with E-state index < -0.39 is 10.2 Å². The Morgan fingerprint density at radius 3 is 2.32 bits per heavy atom. The highest BCUT2D eigenvalue weighted by atomic mass is 32.2. The zero-order valence-corrected chi connectivity index (χ0v) is 17.3. The molecule has 1 aliphatic rings. The second kappa shape index (κ2) is 9.36. The Morgan fingerprint density at radius 1 is 1.07 bits per heavy atom. The van der Waals surface area contributed by atoms with Gasteiger partial charge in [0, 0.05) is 57.0 Å². The van der Waals surface area contributed by atoms with Crippen molar-refractivity contribution < 1.29 is 8.42 Å². The van der Waals surface area contributed by atoms with Gasteiger partial charge >= 0.3 is 10.2 Å². The van der Waals surface area contributed by atoms with Gasteiger partial charge in [0.2, 0.25) is 0 Å². The van der Waals surface area contributed by atoms with Crippen LogP contribution in [0.2, 0.25) is 0 Å². The molecule has 0 atom stereocenters. The molecule has 1 aromatic heterocycles. The largest absolute Gasteiger partial charge is 0.371 e. The summed E-state index contributed by atoms with van der Waals surface area (Å²) in [5.74, 6) is 0. The summed E-state index contributed by atoms with van der Waals surface area (Å²) in [5, 5.41) is 3.66. The van der Waals surface area contributed by atoms with Gasteiger partial charge in [0.1, 0.15) is 0 Å². The summed E-state index contributed by atoms with van der Waals surface area (Å²) in [6.07, 6.45) is 6.90. The van der Waals surface area contributed by atoms with Crippen molar-refractivity contribution in [1.82, 2.24) is 14.6 Å². The minimum absolute atomic E-state index is 0.546. The summed E-state index contributed by atoms with van der Waals surface area (Å²) in [6, 6.07) is 12.3. The lowest BCUT2D eigenvalue weighted by Crippen LogP contribution is -2.43. The van der Waals surface area contributed by atoms with Crippen molar-refractivity contribution >= 4 is 21.6 Å². The Balaban J connectivity index is 1.44. The predicted molar refractivity (Wildman–Crippen MR) is 114 cm³/mol. The number of aromatic nitrogens is 1. The molecule has 1 aromatic carbocycles. The molecule has 8 heteroatoms. The molecule has 1 fully saturated rings. The summed E-state index contributed by atoms with van der Waals surface area (Å²) in [4.78, 5) is 6.40. The molecular weight excluding hydrogens is 374 g/mol. The van der Waals surface area contributed by atoms with Gasteiger partial charge in [0.25, 0.3) is 0 Å². The van der Waals surface area contributed by atoms with Crippen molar-refractivity contribution in [3.8, 4) is 0 Å². The summed E-state index contributed by atoms with van der Waals surface area (Å²) in [7, 11) is -0.455. The van der Waals surface area contributed by atoms with Crippen LogP contribution < -0.4 is 14.9 Å². The fourth-order valence-electron chi connectivity index (χ4n) is 3.29. The van der Waals surface area contributed by atoms with Gasteiger partial charge in [-0.2, -0.15) is 12.7 Å². The van der Waals surface area contributed by atoms with Crippen molar-refractivity contribution in [2.75, 3.05) is 43.4 Å². The van der Waals surface area contributed by atoms with Gasteiger partial charge in [0.15, 0.2) is 0 Å². The smallest absolute Gasteiger partial charge is 0.301 e. The topological polar surface area (TPSA) is 77.6 Å². The van der Waals surface area contributed by atoms with E-state index in [1.165, 1.54) is 19.7 Å². The number of rotatable bonds is 8. The Labute approximate surface area is 168 Å². The first-order valence-electron chi connectivity index (χ1n) is 9.61. The number of hydrogen-bond donors (Lipinski definition) is 2. The van der Waals surface area contributed by atoms with Crippen LogP contribution in [0.1, 0.15) is 18.4 Å². The van der Waals surface area contributed by atoms with Crippen molar-refractivity contribution in [2.45, 2.75) is 25.3 Å². The maximum absolute atomic E-state index is 11.9. The molecule has 2 N–H and O–H groups in total. The van der Waals surface area contributed by atoms with Crippen LogP contribution >= 0.6 is 0 Å². The van der Waals surface area contributed by atoms with Crippen molar-refractivity contribution in [3.05, 3.63) is 54.4 Å². The molecule has 7 nitrogen and oxygen atoms in total. The van der Waals surface area contributed by atoms with E-state index in [2.05, 4.69) is 32.1 Å². The van der Waals surface area contributed by atoms with Crippen LogP contribution in [-0.4, -0.2) is 57.5 Å². The number of benzene rings is 1. The number of nitrogens with one attached hydrogen (secondary N) is 2. The van der Waals surface area contributed by atoms with Crippen LogP contribution in [0.3, 0.4) is 0 Å². The molecule has 2 heterocycles. The van der Waals surface area contributed by atoms with E-state index in [-0.39, 0.29) is 0 Å². The molecule has 2 aromatic rings. The molecule has 0 unspecified atom stereocenters. The van der Waals surface area contributed by atoms with Crippen LogP contribution in [0.15, 0.2) is 48.8 Å². The average molecular weight is 404 g/mol. The molecular formula is C20H29N5O2S. The number of piperidine rings is 1. The SMILES string of the molecule is CN(C)S(=O)(=O)Nc1ccc(N2CCC(NCCc3ccncc3)CC2)cc1. The molecule has 0 aliphatic carbocycles. The summed E-state index contributed by atoms with van der Waals surface area (Å²) in [6.45, 7) is 2.97. The highest BCUT2D eigenvalue weighted by Gasteiger charge is 2.19. The molecule has 152 valence electrons. The fraction of sp³-hybridized carbons (Fsp3) is 0.450. The van der Waals surface area contributed by atoms with Crippen molar-refractivity contribution in [2.24, 2.45) is 0 Å². The number of pyridine rings is 1. The molecule has 0 amide bonds. The molecule has 0 bridgehead atoms. The minimum atomic E-state index is -3.47. The van der Waals surface area contributed by atoms with Crippen molar-refractivity contribution in [3.63, 3.8) is 0 Å². The van der Waals surface area contributed by atoms with E-state index in [0.717, 1.165) is 48.9 Å². The average Bonchev–Trinajstić information content (AvgIpc) is 2.70. The van der Waals surface area contributed by atoms with E-state index in [0.29, 0.717) is 11.7 Å². The first-order valence-corrected chi connectivity index (χ1v) is 11.1. The summed E-state index contributed by atoms with van der Waals surface area (Å²) < 4.78 is 27.5. The lowest BCUT2D eigenvalue weighted by Gasteiger charge is -2.34. The zero-order valence-electron chi connectivity index (χ0n) is 16.5. The first kappa shape index (κ1) is 20.6. The van der Waals surface area contributed by atoms with Crippen LogP contribution in [0, 0.1) is 0 Å². The van der Waals surface area contributed by atoms with Gasteiger partial charge in [-0.15, -0.1) is 0 Å².